The molecule has 1 heterocycles. The van der Waals surface area contributed by atoms with Crippen LogP contribution in [0.3, 0.4) is 0 Å². The van der Waals surface area contributed by atoms with E-state index in [1.165, 1.54) is 19.4 Å². The Labute approximate surface area is 128 Å². The number of hydrogen-bond donors (Lipinski definition) is 0. The highest BCUT2D eigenvalue weighted by atomic mass is 15.2. The van der Waals surface area contributed by atoms with Crippen molar-refractivity contribution >= 4 is 0 Å². The van der Waals surface area contributed by atoms with Crippen LogP contribution in [0.4, 0.5) is 0 Å². The molecule has 20 heavy (non-hydrogen) atoms. The molecule has 1 atom stereocenters. The summed E-state index contributed by atoms with van der Waals surface area (Å²) in [4.78, 5) is 2.74. The van der Waals surface area contributed by atoms with E-state index in [-0.39, 0.29) is 5.54 Å². The minimum absolute atomic E-state index is 0.280. The molecule has 1 nitrogen and oxygen atoms in total. The summed E-state index contributed by atoms with van der Waals surface area (Å²) in [6.45, 7) is 25.6. The van der Waals surface area contributed by atoms with Crippen LogP contribution in [0.1, 0.15) is 82.1 Å². The zero-order valence-corrected chi connectivity index (χ0v) is 15.8. The van der Waals surface area contributed by atoms with Crippen LogP contribution in [0.15, 0.2) is 0 Å². The summed E-state index contributed by atoms with van der Waals surface area (Å²) >= 11 is 0. The summed E-state index contributed by atoms with van der Waals surface area (Å²) in [6, 6.07) is 0.621. The molecule has 120 valence electrons. The molecule has 1 heteroatoms. The van der Waals surface area contributed by atoms with Gasteiger partial charge in [0, 0.05) is 18.1 Å². The summed E-state index contributed by atoms with van der Waals surface area (Å²) in [5.41, 5.74) is 1.08. The molecule has 0 amide bonds. The van der Waals surface area contributed by atoms with E-state index in [1.54, 1.807) is 0 Å². The Morgan fingerprint density at radius 2 is 1.40 bits per heavy atom. The molecule has 1 unspecified atom stereocenters. The maximum absolute atomic E-state index is 2.74. The second-order valence-corrected chi connectivity index (χ2v) is 9.92. The number of nitrogens with zero attached hydrogens (tertiary/aromatic N) is 1. The first-order chi connectivity index (χ1) is 8.78. The largest absolute Gasteiger partial charge is 0.295 e. The molecule has 1 saturated heterocycles. The van der Waals surface area contributed by atoms with Gasteiger partial charge in [0.2, 0.25) is 0 Å². The molecule has 0 aromatic rings. The van der Waals surface area contributed by atoms with Crippen LogP contribution in [0.2, 0.25) is 0 Å². The maximum atomic E-state index is 2.74. The lowest BCUT2D eigenvalue weighted by molar-refractivity contribution is -0.0501. The molecule has 1 fully saturated rings. The fraction of sp³-hybridized carbons (Fsp3) is 1.00. The average Bonchev–Trinajstić information content (AvgIpc) is 2.19. The predicted octanol–water partition coefficient (Wildman–Crippen LogP) is 5.59. The molecule has 1 aliphatic rings. The molecule has 0 spiro atoms. The van der Waals surface area contributed by atoms with Crippen LogP contribution in [-0.2, 0) is 0 Å². The zero-order chi connectivity index (χ0) is 15.9. The first-order valence-corrected chi connectivity index (χ1v) is 8.55. The quantitative estimate of drug-likeness (QED) is 0.637. The summed E-state index contributed by atoms with van der Waals surface area (Å²) in [7, 11) is 0. The summed E-state index contributed by atoms with van der Waals surface area (Å²) < 4.78 is 0. The van der Waals surface area contributed by atoms with E-state index < -0.39 is 0 Å². The molecule has 0 radical (unpaired) electrons. The van der Waals surface area contributed by atoms with E-state index >= 15 is 0 Å². The van der Waals surface area contributed by atoms with Gasteiger partial charge in [-0.05, 0) is 63.2 Å². The van der Waals surface area contributed by atoms with Gasteiger partial charge in [0.05, 0.1) is 0 Å². The van der Waals surface area contributed by atoms with E-state index in [4.69, 9.17) is 0 Å². The standard InChI is InChI=1S/C19H39N/c1-14(2)16-11-17(5,6)13-20(15(3)4)19(9,10)12-18(16,7)8/h14-16H,11-13H2,1-10H3. The molecule has 1 aliphatic heterocycles. The Kier molecular flexibility index (Phi) is 5.07. The fourth-order valence-corrected chi connectivity index (χ4v) is 4.98. The van der Waals surface area contributed by atoms with Crippen molar-refractivity contribution in [3.8, 4) is 0 Å². The van der Waals surface area contributed by atoms with Gasteiger partial charge in [-0.2, -0.15) is 0 Å². The highest BCUT2D eigenvalue weighted by molar-refractivity contribution is 4.98. The molecule has 0 aliphatic carbocycles. The predicted molar refractivity (Wildman–Crippen MR) is 91.0 cm³/mol. The lowest BCUT2D eigenvalue weighted by atomic mass is 9.60. The second kappa shape index (κ2) is 5.63. The van der Waals surface area contributed by atoms with Crippen molar-refractivity contribution < 1.29 is 0 Å². The van der Waals surface area contributed by atoms with Crippen LogP contribution in [0, 0.1) is 22.7 Å². The van der Waals surface area contributed by atoms with E-state index in [1.807, 2.05) is 0 Å². The summed E-state index contributed by atoms with van der Waals surface area (Å²) in [6.07, 6.45) is 2.63. The van der Waals surface area contributed by atoms with E-state index in [0.717, 1.165) is 11.8 Å². The SMILES string of the molecule is CC(C)C1CC(C)(C)CN(C(C)C)C(C)(C)CC1(C)C. The summed E-state index contributed by atoms with van der Waals surface area (Å²) in [5.74, 6) is 1.58. The molecule has 1 rings (SSSR count). The first kappa shape index (κ1) is 18.0. The van der Waals surface area contributed by atoms with E-state index in [2.05, 4.69) is 74.1 Å². The van der Waals surface area contributed by atoms with Gasteiger partial charge in [-0.1, -0.05) is 41.5 Å². The van der Waals surface area contributed by atoms with Crippen molar-refractivity contribution in [2.45, 2.75) is 93.7 Å². The van der Waals surface area contributed by atoms with Crippen LogP contribution in [0.5, 0.6) is 0 Å². The Hall–Kier alpha value is -0.0400. The third-order valence-corrected chi connectivity index (χ3v) is 5.47. The van der Waals surface area contributed by atoms with Gasteiger partial charge in [-0.25, -0.2) is 0 Å². The van der Waals surface area contributed by atoms with Gasteiger partial charge in [0.15, 0.2) is 0 Å². The number of rotatable bonds is 2. The minimum atomic E-state index is 0.280. The lowest BCUT2D eigenvalue weighted by Gasteiger charge is -2.55. The maximum Gasteiger partial charge on any atom is 0.0161 e. The van der Waals surface area contributed by atoms with Crippen LogP contribution in [-0.4, -0.2) is 23.0 Å². The monoisotopic (exact) mass is 281 g/mol. The van der Waals surface area contributed by atoms with Gasteiger partial charge >= 0.3 is 0 Å². The summed E-state index contributed by atoms with van der Waals surface area (Å²) in [5, 5.41) is 0. The molecule has 0 aromatic carbocycles. The highest BCUT2D eigenvalue weighted by Crippen LogP contribution is 2.49. The van der Waals surface area contributed by atoms with Gasteiger partial charge in [-0.15, -0.1) is 0 Å². The van der Waals surface area contributed by atoms with Crippen LogP contribution in [0.25, 0.3) is 0 Å². The Morgan fingerprint density at radius 3 is 1.80 bits per heavy atom. The molecule has 0 bridgehead atoms. The molecular formula is C19H39N. The van der Waals surface area contributed by atoms with Gasteiger partial charge in [-0.3, -0.25) is 4.90 Å². The second-order valence-electron chi connectivity index (χ2n) is 9.92. The molecule has 0 N–H and O–H groups in total. The zero-order valence-electron chi connectivity index (χ0n) is 15.8. The number of likely N-dealkylation sites (tertiary alicyclic amines) is 1. The van der Waals surface area contributed by atoms with Gasteiger partial charge < -0.3 is 0 Å². The van der Waals surface area contributed by atoms with Crippen molar-refractivity contribution in [3.05, 3.63) is 0 Å². The van der Waals surface area contributed by atoms with Crippen molar-refractivity contribution in [2.24, 2.45) is 22.7 Å². The average molecular weight is 282 g/mol. The fourth-order valence-electron chi connectivity index (χ4n) is 4.98. The van der Waals surface area contributed by atoms with E-state index in [9.17, 15) is 0 Å². The number of hydrogen-bond acceptors (Lipinski definition) is 1. The van der Waals surface area contributed by atoms with Crippen LogP contribution < -0.4 is 0 Å². The lowest BCUT2D eigenvalue weighted by Crippen LogP contribution is -2.56. The van der Waals surface area contributed by atoms with Crippen molar-refractivity contribution in [3.63, 3.8) is 0 Å². The highest BCUT2D eigenvalue weighted by Gasteiger charge is 2.45. The van der Waals surface area contributed by atoms with Gasteiger partial charge in [0.1, 0.15) is 0 Å². The van der Waals surface area contributed by atoms with Crippen molar-refractivity contribution in [1.82, 2.24) is 4.90 Å². The van der Waals surface area contributed by atoms with Crippen molar-refractivity contribution in [1.29, 1.82) is 0 Å². The third-order valence-electron chi connectivity index (χ3n) is 5.47. The Bertz CT molecular complexity index is 293. The van der Waals surface area contributed by atoms with E-state index in [0.29, 0.717) is 16.9 Å². The normalized spacial score (nSPS) is 30.3. The van der Waals surface area contributed by atoms with Crippen LogP contribution >= 0.6 is 0 Å². The minimum Gasteiger partial charge on any atom is -0.295 e. The van der Waals surface area contributed by atoms with Crippen molar-refractivity contribution in [2.75, 3.05) is 6.54 Å². The Morgan fingerprint density at radius 1 is 0.900 bits per heavy atom. The molecule has 0 aromatic heterocycles. The topological polar surface area (TPSA) is 3.24 Å². The Balaban J connectivity index is 3.21. The molecular weight excluding hydrogens is 242 g/mol. The molecule has 0 saturated carbocycles. The smallest absolute Gasteiger partial charge is 0.0161 e. The third kappa shape index (κ3) is 4.00. The first-order valence-electron chi connectivity index (χ1n) is 8.55. The van der Waals surface area contributed by atoms with Gasteiger partial charge in [0.25, 0.3) is 0 Å².